The van der Waals surface area contributed by atoms with Crippen molar-refractivity contribution in [3.63, 3.8) is 0 Å². The minimum Gasteiger partial charge on any atom is -0.330 e. The van der Waals surface area contributed by atoms with Gasteiger partial charge in [-0.25, -0.2) is 0 Å². The van der Waals surface area contributed by atoms with Crippen molar-refractivity contribution in [2.24, 2.45) is 5.73 Å². The highest BCUT2D eigenvalue weighted by Crippen LogP contribution is 2.07. The van der Waals surface area contributed by atoms with Crippen molar-refractivity contribution < 1.29 is 4.21 Å². The van der Waals surface area contributed by atoms with Crippen molar-refractivity contribution in [1.29, 1.82) is 0 Å². The molecule has 0 aliphatic heterocycles. The second kappa shape index (κ2) is 5.94. The molecule has 0 fully saturated rings. The molecule has 1 unspecified atom stereocenters. The van der Waals surface area contributed by atoms with Crippen molar-refractivity contribution in [1.82, 2.24) is 0 Å². The molecule has 0 aromatic heterocycles. The molecule has 0 heterocycles. The van der Waals surface area contributed by atoms with Gasteiger partial charge in [0.15, 0.2) is 0 Å². The first-order valence-corrected chi connectivity index (χ1v) is 6.32. The summed E-state index contributed by atoms with van der Waals surface area (Å²) in [6, 6.07) is 8.16. The zero-order chi connectivity index (χ0) is 10.4. The van der Waals surface area contributed by atoms with Crippen LogP contribution in [0.25, 0.3) is 0 Å². The Bertz CT molecular complexity index is 312. The van der Waals surface area contributed by atoms with Crippen LogP contribution in [0.4, 0.5) is 0 Å². The molecular formula is C11H17NOS. The van der Waals surface area contributed by atoms with Crippen LogP contribution in [0.5, 0.6) is 0 Å². The molecule has 0 radical (unpaired) electrons. The van der Waals surface area contributed by atoms with Crippen molar-refractivity contribution in [2.45, 2.75) is 19.1 Å². The van der Waals surface area contributed by atoms with Crippen LogP contribution >= 0.6 is 0 Å². The van der Waals surface area contributed by atoms with Crippen molar-refractivity contribution >= 4 is 10.8 Å². The molecule has 1 aromatic carbocycles. The monoisotopic (exact) mass is 211 g/mol. The molecule has 0 bridgehead atoms. The van der Waals surface area contributed by atoms with Crippen LogP contribution < -0.4 is 5.73 Å². The number of hydrogen-bond donors (Lipinski definition) is 1. The van der Waals surface area contributed by atoms with Gasteiger partial charge in [-0.2, -0.15) is 0 Å². The average Bonchev–Trinajstić information content (AvgIpc) is 2.15. The summed E-state index contributed by atoms with van der Waals surface area (Å²) in [5.74, 6) is 1.37. The fourth-order valence-corrected chi connectivity index (χ4v) is 2.49. The van der Waals surface area contributed by atoms with Gasteiger partial charge in [-0.1, -0.05) is 29.8 Å². The molecule has 0 saturated carbocycles. The summed E-state index contributed by atoms with van der Waals surface area (Å²) in [7, 11) is -0.759. The fourth-order valence-electron chi connectivity index (χ4n) is 1.30. The number of nitrogens with two attached hydrogens (primary N) is 1. The largest absolute Gasteiger partial charge is 0.330 e. The minimum absolute atomic E-state index is 0.625. The summed E-state index contributed by atoms with van der Waals surface area (Å²) in [5.41, 5.74) is 7.73. The second-order valence-corrected chi connectivity index (χ2v) is 5.00. The molecule has 1 atom stereocenters. The van der Waals surface area contributed by atoms with Gasteiger partial charge in [-0.3, -0.25) is 4.21 Å². The Morgan fingerprint density at radius 1 is 1.43 bits per heavy atom. The highest BCUT2D eigenvalue weighted by molar-refractivity contribution is 7.84. The van der Waals surface area contributed by atoms with E-state index in [2.05, 4.69) is 6.07 Å². The molecule has 0 aliphatic rings. The lowest BCUT2D eigenvalue weighted by Crippen LogP contribution is -2.07. The zero-order valence-electron chi connectivity index (χ0n) is 8.53. The van der Waals surface area contributed by atoms with Gasteiger partial charge in [-0.15, -0.1) is 0 Å². The third-order valence-corrected chi connectivity index (χ3v) is 3.39. The average molecular weight is 211 g/mol. The van der Waals surface area contributed by atoms with Crippen LogP contribution in [-0.4, -0.2) is 16.5 Å². The number of rotatable bonds is 5. The lowest BCUT2D eigenvalue weighted by molar-refractivity contribution is 0.680. The Morgan fingerprint density at radius 2 is 2.21 bits per heavy atom. The van der Waals surface area contributed by atoms with Gasteiger partial charge in [0.2, 0.25) is 0 Å². The molecule has 1 aromatic rings. The van der Waals surface area contributed by atoms with E-state index in [1.807, 2.05) is 25.1 Å². The first-order valence-electron chi connectivity index (χ1n) is 4.83. The lowest BCUT2D eigenvalue weighted by Gasteiger charge is -2.02. The maximum atomic E-state index is 11.5. The molecule has 3 heteroatoms. The zero-order valence-corrected chi connectivity index (χ0v) is 9.35. The van der Waals surface area contributed by atoms with E-state index in [4.69, 9.17) is 5.73 Å². The van der Waals surface area contributed by atoms with Crippen LogP contribution in [-0.2, 0) is 16.6 Å². The summed E-state index contributed by atoms with van der Waals surface area (Å²) < 4.78 is 11.5. The van der Waals surface area contributed by atoms with E-state index in [-0.39, 0.29) is 0 Å². The molecule has 1 rings (SSSR count). The van der Waals surface area contributed by atoms with E-state index < -0.39 is 10.8 Å². The molecule has 0 aliphatic carbocycles. The molecule has 14 heavy (non-hydrogen) atoms. The van der Waals surface area contributed by atoms with Gasteiger partial charge in [0.05, 0.1) is 0 Å². The Morgan fingerprint density at radius 3 is 2.86 bits per heavy atom. The Hall–Kier alpha value is -0.670. The van der Waals surface area contributed by atoms with Crippen LogP contribution in [0.2, 0.25) is 0 Å². The normalized spacial score (nSPS) is 12.7. The smallest absolute Gasteiger partial charge is 0.0485 e. The highest BCUT2D eigenvalue weighted by Gasteiger charge is 2.00. The van der Waals surface area contributed by atoms with Gasteiger partial charge in [0.25, 0.3) is 0 Å². The standard InChI is InChI=1S/C11H17NOS/c1-10-4-2-5-11(8-10)9-14(13)7-3-6-12/h2,4-5,8H,3,6-7,9,12H2,1H3. The summed E-state index contributed by atoms with van der Waals surface area (Å²) in [5, 5.41) is 0. The molecule has 78 valence electrons. The van der Waals surface area contributed by atoms with Gasteiger partial charge in [0, 0.05) is 22.3 Å². The Balaban J connectivity index is 2.47. The first kappa shape index (κ1) is 11.4. The van der Waals surface area contributed by atoms with E-state index in [0.717, 1.165) is 12.0 Å². The maximum absolute atomic E-state index is 11.5. The molecule has 0 spiro atoms. The lowest BCUT2D eigenvalue weighted by atomic mass is 10.2. The van der Waals surface area contributed by atoms with E-state index in [1.54, 1.807) is 0 Å². The summed E-state index contributed by atoms with van der Waals surface area (Å²) >= 11 is 0. The Labute approximate surface area is 88.0 Å². The summed E-state index contributed by atoms with van der Waals surface area (Å²) in [4.78, 5) is 0. The number of benzene rings is 1. The number of aryl methyl sites for hydroxylation is 1. The third kappa shape index (κ3) is 4.03. The fraction of sp³-hybridized carbons (Fsp3) is 0.455. The van der Waals surface area contributed by atoms with Gasteiger partial charge in [-0.05, 0) is 25.5 Å². The second-order valence-electron chi connectivity index (χ2n) is 3.42. The van der Waals surface area contributed by atoms with Gasteiger partial charge in [0.1, 0.15) is 0 Å². The van der Waals surface area contributed by atoms with Crippen LogP contribution in [0.3, 0.4) is 0 Å². The third-order valence-electron chi connectivity index (χ3n) is 1.99. The first-order chi connectivity index (χ1) is 6.72. The maximum Gasteiger partial charge on any atom is 0.0485 e. The van der Waals surface area contributed by atoms with Crippen LogP contribution in [0, 0.1) is 6.92 Å². The summed E-state index contributed by atoms with van der Waals surface area (Å²) in [6.07, 6.45) is 0.846. The van der Waals surface area contributed by atoms with Crippen molar-refractivity contribution in [3.05, 3.63) is 35.4 Å². The van der Waals surface area contributed by atoms with Gasteiger partial charge < -0.3 is 5.73 Å². The molecule has 2 N–H and O–H groups in total. The van der Waals surface area contributed by atoms with E-state index in [0.29, 0.717) is 18.1 Å². The van der Waals surface area contributed by atoms with Crippen LogP contribution in [0.15, 0.2) is 24.3 Å². The predicted molar refractivity (Wildman–Crippen MR) is 61.6 cm³/mol. The van der Waals surface area contributed by atoms with Gasteiger partial charge >= 0.3 is 0 Å². The quantitative estimate of drug-likeness (QED) is 0.803. The van der Waals surface area contributed by atoms with E-state index in [9.17, 15) is 4.21 Å². The molecule has 0 saturated heterocycles. The highest BCUT2D eigenvalue weighted by atomic mass is 32.2. The SMILES string of the molecule is Cc1cccc(CS(=O)CCCN)c1. The van der Waals surface area contributed by atoms with Crippen LogP contribution in [0.1, 0.15) is 17.5 Å². The molecule has 2 nitrogen and oxygen atoms in total. The van der Waals surface area contributed by atoms with E-state index in [1.165, 1.54) is 5.56 Å². The summed E-state index contributed by atoms with van der Waals surface area (Å²) in [6.45, 7) is 2.67. The minimum atomic E-state index is -0.759. The van der Waals surface area contributed by atoms with E-state index >= 15 is 0 Å². The molecular weight excluding hydrogens is 194 g/mol. The Kier molecular flexibility index (Phi) is 4.84. The number of hydrogen-bond acceptors (Lipinski definition) is 2. The van der Waals surface area contributed by atoms with Crippen molar-refractivity contribution in [3.8, 4) is 0 Å². The predicted octanol–water partition coefficient (Wildman–Crippen LogP) is 1.59. The molecule has 0 amide bonds. The topological polar surface area (TPSA) is 43.1 Å². The van der Waals surface area contributed by atoms with Crippen molar-refractivity contribution in [2.75, 3.05) is 12.3 Å².